The summed E-state index contributed by atoms with van der Waals surface area (Å²) in [7, 11) is 1.41. The molecule has 74 valence electrons. The average Bonchev–Trinajstić information content (AvgIpc) is 2.16. The molecular formula is C9H9BrN2O2. The maximum atomic E-state index is 11.1. The van der Waals surface area contributed by atoms with Gasteiger partial charge in [-0.05, 0) is 18.2 Å². The number of hydrogen-bond acceptors (Lipinski definition) is 2. The third-order valence-electron chi connectivity index (χ3n) is 1.52. The standard InChI is InChI=1S/C9H9BrN2O2/c1-11-8(13)9(14)12-7-4-2-3-6(10)5-7/h2-5H,1H3,(H,11,13)(H,12,14). The Kier molecular flexibility index (Phi) is 3.64. The zero-order valence-electron chi connectivity index (χ0n) is 7.50. The van der Waals surface area contributed by atoms with Gasteiger partial charge in [-0.3, -0.25) is 9.59 Å². The lowest BCUT2D eigenvalue weighted by molar-refractivity contribution is -0.135. The second-order valence-corrected chi connectivity index (χ2v) is 3.46. The summed E-state index contributed by atoms with van der Waals surface area (Å²) in [4.78, 5) is 22.0. The molecule has 0 saturated heterocycles. The van der Waals surface area contributed by atoms with E-state index in [1.54, 1.807) is 18.2 Å². The Morgan fingerprint density at radius 2 is 2.00 bits per heavy atom. The van der Waals surface area contributed by atoms with Crippen molar-refractivity contribution in [2.75, 3.05) is 12.4 Å². The van der Waals surface area contributed by atoms with Crippen LogP contribution in [0.4, 0.5) is 5.69 Å². The van der Waals surface area contributed by atoms with Crippen LogP contribution in [0.1, 0.15) is 0 Å². The third-order valence-corrected chi connectivity index (χ3v) is 2.01. The lowest BCUT2D eigenvalue weighted by atomic mass is 10.3. The summed E-state index contributed by atoms with van der Waals surface area (Å²) < 4.78 is 0.840. The first kappa shape index (κ1) is 10.7. The molecule has 1 aromatic carbocycles. The van der Waals surface area contributed by atoms with Gasteiger partial charge in [0.2, 0.25) is 0 Å². The second kappa shape index (κ2) is 4.76. The van der Waals surface area contributed by atoms with E-state index in [-0.39, 0.29) is 0 Å². The van der Waals surface area contributed by atoms with Gasteiger partial charge < -0.3 is 10.6 Å². The molecule has 2 N–H and O–H groups in total. The van der Waals surface area contributed by atoms with Gasteiger partial charge in [-0.15, -0.1) is 0 Å². The van der Waals surface area contributed by atoms with E-state index in [1.165, 1.54) is 7.05 Å². The van der Waals surface area contributed by atoms with Crippen molar-refractivity contribution in [3.8, 4) is 0 Å². The number of halogens is 1. The summed E-state index contributed by atoms with van der Waals surface area (Å²) in [5.41, 5.74) is 0.577. The molecule has 0 bridgehead atoms. The molecule has 0 unspecified atom stereocenters. The molecule has 0 fully saturated rings. The van der Waals surface area contributed by atoms with Crippen LogP contribution in [-0.4, -0.2) is 18.9 Å². The second-order valence-electron chi connectivity index (χ2n) is 2.54. The monoisotopic (exact) mass is 256 g/mol. The van der Waals surface area contributed by atoms with Crippen molar-refractivity contribution in [3.63, 3.8) is 0 Å². The number of benzene rings is 1. The molecule has 2 amide bonds. The highest BCUT2D eigenvalue weighted by molar-refractivity contribution is 9.10. The Labute approximate surface area is 89.8 Å². The molecule has 0 atom stereocenters. The predicted molar refractivity (Wildman–Crippen MR) is 56.8 cm³/mol. The van der Waals surface area contributed by atoms with Crippen molar-refractivity contribution in [1.82, 2.24) is 5.32 Å². The van der Waals surface area contributed by atoms with Gasteiger partial charge in [0.1, 0.15) is 0 Å². The molecule has 4 nitrogen and oxygen atoms in total. The van der Waals surface area contributed by atoms with E-state index >= 15 is 0 Å². The summed E-state index contributed by atoms with van der Waals surface area (Å²) in [5, 5.41) is 4.69. The minimum Gasteiger partial charge on any atom is -0.351 e. The minimum atomic E-state index is -0.675. The zero-order valence-corrected chi connectivity index (χ0v) is 9.09. The predicted octanol–water partition coefficient (Wildman–Crippen LogP) is 1.13. The smallest absolute Gasteiger partial charge is 0.313 e. The first-order valence-corrected chi connectivity index (χ1v) is 4.71. The Balaban J connectivity index is 2.70. The van der Waals surface area contributed by atoms with Gasteiger partial charge in [0.25, 0.3) is 0 Å². The summed E-state index contributed by atoms with van der Waals surface area (Å²) in [6.07, 6.45) is 0. The molecule has 1 aromatic rings. The van der Waals surface area contributed by atoms with Gasteiger partial charge >= 0.3 is 11.8 Å². The summed E-state index contributed by atoms with van der Waals surface area (Å²) in [5.74, 6) is -1.34. The normalized spacial score (nSPS) is 9.29. The first-order chi connectivity index (χ1) is 6.63. The van der Waals surface area contributed by atoms with Crippen molar-refractivity contribution in [3.05, 3.63) is 28.7 Å². The van der Waals surface area contributed by atoms with Crippen LogP contribution < -0.4 is 10.6 Å². The van der Waals surface area contributed by atoms with E-state index in [4.69, 9.17) is 0 Å². The minimum absolute atomic E-state index is 0.577. The fourth-order valence-corrected chi connectivity index (χ4v) is 1.27. The molecule has 0 radical (unpaired) electrons. The number of anilines is 1. The van der Waals surface area contributed by atoms with Crippen LogP contribution in [-0.2, 0) is 9.59 Å². The maximum Gasteiger partial charge on any atom is 0.313 e. The number of rotatable bonds is 1. The van der Waals surface area contributed by atoms with Crippen LogP contribution in [0.15, 0.2) is 28.7 Å². The van der Waals surface area contributed by atoms with Crippen LogP contribution in [0.2, 0.25) is 0 Å². The highest BCUT2D eigenvalue weighted by atomic mass is 79.9. The average molecular weight is 257 g/mol. The largest absolute Gasteiger partial charge is 0.351 e. The lowest BCUT2D eigenvalue weighted by Gasteiger charge is -2.03. The van der Waals surface area contributed by atoms with Crippen LogP contribution in [0.25, 0.3) is 0 Å². The van der Waals surface area contributed by atoms with Crippen molar-refractivity contribution in [2.24, 2.45) is 0 Å². The van der Waals surface area contributed by atoms with Crippen molar-refractivity contribution in [1.29, 1.82) is 0 Å². The van der Waals surface area contributed by atoms with Crippen molar-refractivity contribution in [2.45, 2.75) is 0 Å². The topological polar surface area (TPSA) is 58.2 Å². The van der Waals surface area contributed by atoms with Crippen LogP contribution >= 0.6 is 15.9 Å². The summed E-state index contributed by atoms with van der Waals surface area (Å²) in [6, 6.07) is 7.01. The lowest BCUT2D eigenvalue weighted by Crippen LogP contribution is -2.32. The van der Waals surface area contributed by atoms with Gasteiger partial charge in [-0.2, -0.15) is 0 Å². The quantitative estimate of drug-likeness (QED) is 0.741. The molecule has 0 aromatic heterocycles. The van der Waals surface area contributed by atoms with Gasteiger partial charge in [-0.25, -0.2) is 0 Å². The van der Waals surface area contributed by atoms with E-state index in [0.717, 1.165) is 4.47 Å². The summed E-state index contributed by atoms with van der Waals surface area (Å²) in [6.45, 7) is 0. The van der Waals surface area contributed by atoms with Crippen LogP contribution in [0.5, 0.6) is 0 Å². The number of carbonyl (C=O) groups excluding carboxylic acids is 2. The van der Waals surface area contributed by atoms with Crippen LogP contribution in [0.3, 0.4) is 0 Å². The van der Waals surface area contributed by atoms with Crippen molar-refractivity contribution >= 4 is 33.4 Å². The van der Waals surface area contributed by atoms with Crippen molar-refractivity contribution < 1.29 is 9.59 Å². The molecule has 0 spiro atoms. The van der Waals surface area contributed by atoms with Gasteiger partial charge in [0.15, 0.2) is 0 Å². The molecule has 14 heavy (non-hydrogen) atoms. The molecule has 0 saturated carbocycles. The third kappa shape index (κ3) is 2.85. The number of amides is 2. The fraction of sp³-hybridized carbons (Fsp3) is 0.111. The molecule has 0 aliphatic heterocycles. The Morgan fingerprint density at radius 3 is 2.57 bits per heavy atom. The number of nitrogens with one attached hydrogen (secondary N) is 2. The number of carbonyl (C=O) groups is 2. The van der Waals surface area contributed by atoms with E-state index in [9.17, 15) is 9.59 Å². The molecule has 0 heterocycles. The molecule has 0 aliphatic rings. The fourth-order valence-electron chi connectivity index (χ4n) is 0.868. The molecular weight excluding hydrogens is 248 g/mol. The molecule has 5 heteroatoms. The van der Waals surface area contributed by atoms with Crippen LogP contribution in [0, 0.1) is 0 Å². The number of likely N-dealkylation sites (N-methyl/N-ethyl adjacent to an activating group) is 1. The Hall–Kier alpha value is -1.36. The van der Waals surface area contributed by atoms with E-state index in [2.05, 4.69) is 26.6 Å². The molecule has 1 rings (SSSR count). The van der Waals surface area contributed by atoms with Gasteiger partial charge in [0.05, 0.1) is 0 Å². The van der Waals surface area contributed by atoms with E-state index < -0.39 is 11.8 Å². The van der Waals surface area contributed by atoms with Gasteiger partial charge in [0, 0.05) is 17.2 Å². The molecule has 0 aliphatic carbocycles. The number of hydrogen-bond donors (Lipinski definition) is 2. The van der Waals surface area contributed by atoms with Gasteiger partial charge in [-0.1, -0.05) is 22.0 Å². The van der Waals surface area contributed by atoms with E-state index in [1.807, 2.05) is 6.07 Å². The Morgan fingerprint density at radius 1 is 1.29 bits per heavy atom. The van der Waals surface area contributed by atoms with E-state index in [0.29, 0.717) is 5.69 Å². The SMILES string of the molecule is CNC(=O)C(=O)Nc1cccc(Br)c1. The summed E-state index contributed by atoms with van der Waals surface area (Å²) >= 11 is 3.25. The zero-order chi connectivity index (χ0) is 10.6. The maximum absolute atomic E-state index is 11.1. The highest BCUT2D eigenvalue weighted by Crippen LogP contribution is 2.15. The first-order valence-electron chi connectivity index (χ1n) is 3.92. The Bertz CT molecular complexity index is 366. The highest BCUT2D eigenvalue weighted by Gasteiger charge is 2.10.